The Kier molecular flexibility index (Phi) is 5.60. The lowest BCUT2D eigenvalue weighted by molar-refractivity contribution is -0.132. The van der Waals surface area contributed by atoms with Crippen LogP contribution in [0, 0.1) is 11.6 Å². The quantitative estimate of drug-likeness (QED) is 0.221. The zero-order chi connectivity index (χ0) is 26.6. The standard InChI is InChI=1S/C30H22F2N2O4/c1-33-13-14-38-25-12-9-18(15-24(25)33)28(35)26-27(21-8-4-6-17-5-2-3-7-20(17)21)34(30(37)29(26)36)19-10-11-22(31)23(32)16-19/h2-12,15-16,27,35H,13-14H2,1H3/b28-26+. The van der Waals surface area contributed by atoms with Gasteiger partial charge >= 0.3 is 0 Å². The predicted molar refractivity (Wildman–Crippen MR) is 140 cm³/mol. The summed E-state index contributed by atoms with van der Waals surface area (Å²) < 4.78 is 33.7. The number of hydrogen-bond donors (Lipinski definition) is 1. The zero-order valence-electron chi connectivity index (χ0n) is 20.3. The molecule has 0 spiro atoms. The highest BCUT2D eigenvalue weighted by Crippen LogP contribution is 2.45. The molecule has 1 amide bonds. The molecular formula is C30H22F2N2O4. The van der Waals surface area contributed by atoms with Gasteiger partial charge in [0.05, 0.1) is 23.8 Å². The van der Waals surface area contributed by atoms with Crippen LogP contribution in [0.15, 0.2) is 84.4 Å². The van der Waals surface area contributed by atoms with Crippen LogP contribution in [0.1, 0.15) is 17.2 Å². The zero-order valence-corrected chi connectivity index (χ0v) is 20.3. The van der Waals surface area contributed by atoms with Crippen LogP contribution in [0.4, 0.5) is 20.2 Å². The summed E-state index contributed by atoms with van der Waals surface area (Å²) in [6, 6.07) is 19.8. The summed E-state index contributed by atoms with van der Waals surface area (Å²) in [6.07, 6.45) is 0. The summed E-state index contributed by atoms with van der Waals surface area (Å²) in [5.41, 5.74) is 1.48. The summed E-state index contributed by atoms with van der Waals surface area (Å²) in [6.45, 7) is 1.17. The molecule has 6 nitrogen and oxygen atoms in total. The number of benzene rings is 4. The van der Waals surface area contributed by atoms with E-state index >= 15 is 0 Å². The first-order valence-electron chi connectivity index (χ1n) is 12.1. The van der Waals surface area contributed by atoms with Gasteiger partial charge in [-0.25, -0.2) is 8.78 Å². The minimum atomic E-state index is -1.15. The molecule has 1 saturated heterocycles. The normalized spacial score (nSPS) is 18.6. The fraction of sp³-hybridized carbons (Fsp3) is 0.133. The lowest BCUT2D eigenvalue weighted by Crippen LogP contribution is -2.29. The van der Waals surface area contributed by atoms with Crippen molar-refractivity contribution in [2.75, 3.05) is 30.0 Å². The number of ether oxygens (including phenoxy) is 1. The Morgan fingerprint density at radius 3 is 2.55 bits per heavy atom. The fourth-order valence-electron chi connectivity index (χ4n) is 5.17. The number of hydrogen-bond acceptors (Lipinski definition) is 5. The van der Waals surface area contributed by atoms with Crippen LogP contribution < -0.4 is 14.5 Å². The number of amides is 1. The summed E-state index contributed by atoms with van der Waals surface area (Å²) in [5, 5.41) is 13.2. The van der Waals surface area contributed by atoms with Gasteiger partial charge < -0.3 is 14.7 Å². The van der Waals surface area contributed by atoms with E-state index in [1.165, 1.54) is 6.07 Å². The SMILES string of the molecule is CN1CCOc2ccc(/C(O)=C3\C(=O)C(=O)N(c4ccc(F)c(F)c4)C3c3cccc4ccccc34)cc21. The van der Waals surface area contributed by atoms with Crippen molar-refractivity contribution in [1.82, 2.24) is 0 Å². The Morgan fingerprint density at radius 2 is 1.74 bits per heavy atom. The topological polar surface area (TPSA) is 70.1 Å². The van der Waals surface area contributed by atoms with Crippen molar-refractivity contribution in [3.05, 3.63) is 107 Å². The summed E-state index contributed by atoms with van der Waals surface area (Å²) in [4.78, 5) is 30.0. The number of Topliss-reactive ketones (excluding diaryl/α,β-unsaturated/α-hetero) is 1. The van der Waals surface area contributed by atoms with Crippen molar-refractivity contribution in [3.8, 4) is 5.75 Å². The fourth-order valence-corrected chi connectivity index (χ4v) is 5.17. The molecule has 4 aromatic rings. The van der Waals surface area contributed by atoms with E-state index in [-0.39, 0.29) is 17.0 Å². The van der Waals surface area contributed by atoms with Gasteiger partial charge in [0.25, 0.3) is 11.7 Å². The molecule has 38 heavy (non-hydrogen) atoms. The van der Waals surface area contributed by atoms with E-state index in [0.29, 0.717) is 30.0 Å². The van der Waals surface area contributed by atoms with Crippen molar-refractivity contribution in [2.24, 2.45) is 0 Å². The first kappa shape index (κ1) is 23.7. The number of aliphatic hydroxyl groups excluding tert-OH is 1. The second-order valence-electron chi connectivity index (χ2n) is 9.29. The summed E-state index contributed by atoms with van der Waals surface area (Å²) in [7, 11) is 1.89. The van der Waals surface area contributed by atoms with Gasteiger partial charge in [0.1, 0.15) is 18.1 Å². The van der Waals surface area contributed by atoms with E-state index in [2.05, 4.69) is 0 Å². The van der Waals surface area contributed by atoms with Gasteiger partial charge in [0.2, 0.25) is 0 Å². The Labute approximate surface area is 217 Å². The highest BCUT2D eigenvalue weighted by molar-refractivity contribution is 6.51. The molecule has 0 saturated carbocycles. The molecule has 1 N–H and O–H groups in total. The van der Waals surface area contributed by atoms with Crippen molar-refractivity contribution in [2.45, 2.75) is 6.04 Å². The maximum atomic E-state index is 14.3. The maximum Gasteiger partial charge on any atom is 0.300 e. The van der Waals surface area contributed by atoms with Crippen LogP contribution in [0.5, 0.6) is 5.75 Å². The first-order chi connectivity index (χ1) is 18.3. The maximum absolute atomic E-state index is 14.3. The monoisotopic (exact) mass is 512 g/mol. The molecule has 0 aromatic heterocycles. The largest absolute Gasteiger partial charge is 0.507 e. The molecule has 1 atom stereocenters. The van der Waals surface area contributed by atoms with E-state index in [1.54, 1.807) is 30.3 Å². The predicted octanol–water partition coefficient (Wildman–Crippen LogP) is 5.57. The van der Waals surface area contributed by atoms with E-state index < -0.39 is 29.4 Å². The number of anilines is 2. The smallest absolute Gasteiger partial charge is 0.300 e. The molecule has 8 heteroatoms. The lowest BCUT2D eigenvalue weighted by Gasteiger charge is -2.28. The molecule has 2 aliphatic rings. The Balaban J connectivity index is 1.61. The molecule has 6 rings (SSSR count). The van der Waals surface area contributed by atoms with Crippen molar-refractivity contribution >= 4 is 39.6 Å². The highest BCUT2D eigenvalue weighted by atomic mass is 19.2. The summed E-state index contributed by atoms with van der Waals surface area (Å²) >= 11 is 0. The third kappa shape index (κ3) is 3.68. The van der Waals surface area contributed by atoms with E-state index in [0.717, 1.165) is 33.5 Å². The van der Waals surface area contributed by atoms with Crippen LogP contribution in [0.25, 0.3) is 16.5 Å². The van der Waals surface area contributed by atoms with Gasteiger partial charge in [-0.1, -0.05) is 42.5 Å². The van der Waals surface area contributed by atoms with Crippen LogP contribution in [-0.4, -0.2) is 37.0 Å². The molecule has 2 aliphatic heterocycles. The van der Waals surface area contributed by atoms with Gasteiger partial charge in [-0.2, -0.15) is 0 Å². The molecule has 190 valence electrons. The van der Waals surface area contributed by atoms with Gasteiger partial charge in [0.15, 0.2) is 11.6 Å². The molecule has 4 aromatic carbocycles. The number of halogens is 2. The molecular weight excluding hydrogens is 490 g/mol. The minimum absolute atomic E-state index is 0.00144. The average Bonchev–Trinajstić information content (AvgIpc) is 3.19. The van der Waals surface area contributed by atoms with Crippen molar-refractivity contribution in [1.29, 1.82) is 0 Å². The summed E-state index contributed by atoms with van der Waals surface area (Å²) in [5.74, 6) is -3.83. The van der Waals surface area contributed by atoms with Gasteiger partial charge in [0, 0.05) is 24.4 Å². The highest BCUT2D eigenvalue weighted by Gasteiger charge is 2.47. The number of rotatable bonds is 3. The molecule has 0 aliphatic carbocycles. The van der Waals surface area contributed by atoms with E-state index in [4.69, 9.17) is 4.74 Å². The molecule has 1 fully saturated rings. The Morgan fingerprint density at radius 1 is 0.947 bits per heavy atom. The Bertz CT molecular complexity index is 1660. The molecule has 1 unspecified atom stereocenters. The van der Waals surface area contributed by atoms with Crippen LogP contribution in [-0.2, 0) is 9.59 Å². The second-order valence-corrected chi connectivity index (χ2v) is 9.29. The Hall–Kier alpha value is -4.72. The second kappa shape index (κ2) is 8.99. The number of fused-ring (bicyclic) bond motifs is 2. The lowest BCUT2D eigenvalue weighted by atomic mass is 9.91. The number of ketones is 1. The van der Waals surface area contributed by atoms with Crippen LogP contribution >= 0.6 is 0 Å². The number of aliphatic hydroxyl groups is 1. The number of carbonyl (C=O) groups is 2. The number of likely N-dealkylation sites (N-methyl/N-ethyl adjacent to an activating group) is 1. The van der Waals surface area contributed by atoms with Crippen molar-refractivity contribution in [3.63, 3.8) is 0 Å². The molecule has 2 heterocycles. The van der Waals surface area contributed by atoms with Gasteiger partial charge in [-0.15, -0.1) is 0 Å². The van der Waals surface area contributed by atoms with Gasteiger partial charge in [-0.05, 0) is 46.7 Å². The van der Waals surface area contributed by atoms with E-state index in [1.807, 2.05) is 42.3 Å². The third-order valence-electron chi connectivity index (χ3n) is 7.07. The average molecular weight is 513 g/mol. The van der Waals surface area contributed by atoms with Crippen LogP contribution in [0.2, 0.25) is 0 Å². The van der Waals surface area contributed by atoms with E-state index in [9.17, 15) is 23.5 Å². The number of nitrogens with zero attached hydrogens (tertiary/aromatic N) is 2. The third-order valence-corrected chi connectivity index (χ3v) is 7.07. The number of carbonyl (C=O) groups excluding carboxylic acids is 2. The minimum Gasteiger partial charge on any atom is -0.507 e. The van der Waals surface area contributed by atoms with Crippen molar-refractivity contribution < 1.29 is 28.2 Å². The van der Waals surface area contributed by atoms with Gasteiger partial charge in [-0.3, -0.25) is 14.5 Å². The molecule has 0 bridgehead atoms. The first-order valence-corrected chi connectivity index (χ1v) is 12.1. The molecule has 0 radical (unpaired) electrons. The van der Waals surface area contributed by atoms with Crippen LogP contribution in [0.3, 0.4) is 0 Å².